The number of pyridine rings is 1. The summed E-state index contributed by atoms with van der Waals surface area (Å²) in [6.45, 7) is 6.64. The van der Waals surface area contributed by atoms with Gasteiger partial charge in [-0.15, -0.1) is 0 Å². The van der Waals surface area contributed by atoms with Crippen molar-refractivity contribution in [3.05, 3.63) is 51.8 Å². The molecule has 2 rings (SSSR count). The molecule has 0 saturated heterocycles. The van der Waals surface area contributed by atoms with Gasteiger partial charge in [-0.1, -0.05) is 25.5 Å². The van der Waals surface area contributed by atoms with Crippen molar-refractivity contribution in [3.63, 3.8) is 0 Å². The summed E-state index contributed by atoms with van der Waals surface area (Å²) in [4.78, 5) is 12.5. The Bertz CT molecular complexity index is 783. The van der Waals surface area contributed by atoms with Crippen molar-refractivity contribution in [1.82, 2.24) is 4.57 Å². The molecule has 0 aliphatic rings. The zero-order valence-corrected chi connectivity index (χ0v) is 13.4. The molecular formula is C18H20N2O2. The summed E-state index contributed by atoms with van der Waals surface area (Å²) in [6, 6.07) is 11.2. The molecule has 1 aromatic heterocycles. The van der Waals surface area contributed by atoms with Crippen LogP contribution in [0.2, 0.25) is 0 Å². The molecule has 0 radical (unpaired) electrons. The van der Waals surface area contributed by atoms with Crippen molar-refractivity contribution in [3.8, 4) is 23.1 Å². The summed E-state index contributed by atoms with van der Waals surface area (Å²) < 4.78 is 7.10. The van der Waals surface area contributed by atoms with Crippen LogP contribution in [0.3, 0.4) is 0 Å². The number of hydrogen-bond donors (Lipinski definition) is 0. The van der Waals surface area contributed by atoms with Gasteiger partial charge in [0, 0.05) is 12.1 Å². The van der Waals surface area contributed by atoms with E-state index >= 15 is 0 Å². The maximum absolute atomic E-state index is 12.5. The highest BCUT2D eigenvalue weighted by Crippen LogP contribution is 2.30. The first-order valence-electron chi connectivity index (χ1n) is 7.27. The largest absolute Gasteiger partial charge is 0.496 e. The molecule has 0 atom stereocenters. The van der Waals surface area contributed by atoms with E-state index in [1.54, 1.807) is 17.7 Å². The summed E-state index contributed by atoms with van der Waals surface area (Å²) in [5.41, 5.74) is 2.64. The Morgan fingerprint density at radius 1 is 1.27 bits per heavy atom. The molecule has 0 fully saturated rings. The molecule has 1 heterocycles. The van der Waals surface area contributed by atoms with E-state index in [0.29, 0.717) is 18.2 Å². The predicted molar refractivity (Wildman–Crippen MR) is 87.0 cm³/mol. The Morgan fingerprint density at radius 2 is 2.00 bits per heavy atom. The molecule has 4 nitrogen and oxygen atoms in total. The summed E-state index contributed by atoms with van der Waals surface area (Å²) in [7, 11) is 1.61. The summed E-state index contributed by atoms with van der Waals surface area (Å²) >= 11 is 0. The molecule has 0 unspecified atom stereocenters. The Labute approximate surface area is 130 Å². The fourth-order valence-corrected chi connectivity index (χ4v) is 2.47. The van der Waals surface area contributed by atoms with E-state index in [-0.39, 0.29) is 11.1 Å². The highest BCUT2D eigenvalue weighted by molar-refractivity contribution is 5.69. The van der Waals surface area contributed by atoms with Gasteiger partial charge in [-0.05, 0) is 37.1 Å². The summed E-state index contributed by atoms with van der Waals surface area (Å²) in [5, 5.41) is 9.10. The minimum Gasteiger partial charge on any atom is -0.496 e. The number of nitriles is 1. The minimum absolute atomic E-state index is 0.163. The maximum Gasteiger partial charge on any atom is 0.268 e. The highest BCUT2D eigenvalue weighted by atomic mass is 16.5. The first-order valence-corrected chi connectivity index (χ1v) is 7.27. The number of benzene rings is 1. The van der Waals surface area contributed by atoms with Crippen LogP contribution in [0, 0.1) is 24.2 Å². The van der Waals surface area contributed by atoms with Crippen molar-refractivity contribution < 1.29 is 4.74 Å². The Hall–Kier alpha value is -2.54. The number of nitrogens with zero attached hydrogens (tertiary/aromatic N) is 2. The average Bonchev–Trinajstić information content (AvgIpc) is 2.49. The van der Waals surface area contributed by atoms with Gasteiger partial charge in [0.05, 0.1) is 12.8 Å². The van der Waals surface area contributed by atoms with E-state index in [1.165, 1.54) is 0 Å². The number of ether oxygens (including phenoxy) is 1. The molecule has 22 heavy (non-hydrogen) atoms. The second-order valence-corrected chi connectivity index (χ2v) is 5.76. The smallest absolute Gasteiger partial charge is 0.268 e. The lowest BCUT2D eigenvalue weighted by atomic mass is 10.0. The van der Waals surface area contributed by atoms with Gasteiger partial charge in [-0.25, -0.2) is 0 Å². The van der Waals surface area contributed by atoms with E-state index in [1.807, 2.05) is 51.1 Å². The molecule has 0 spiro atoms. The zero-order chi connectivity index (χ0) is 16.3. The van der Waals surface area contributed by atoms with Crippen molar-refractivity contribution >= 4 is 0 Å². The van der Waals surface area contributed by atoms with Crippen LogP contribution >= 0.6 is 0 Å². The fourth-order valence-electron chi connectivity index (χ4n) is 2.47. The molecule has 0 aliphatic heterocycles. The minimum atomic E-state index is -0.253. The van der Waals surface area contributed by atoms with Crippen LogP contribution in [0.4, 0.5) is 0 Å². The quantitative estimate of drug-likeness (QED) is 0.869. The molecule has 0 amide bonds. The van der Waals surface area contributed by atoms with E-state index in [0.717, 1.165) is 16.8 Å². The average molecular weight is 296 g/mol. The Morgan fingerprint density at radius 3 is 2.59 bits per heavy atom. The predicted octanol–water partition coefficient (Wildman–Crippen LogP) is 3.36. The molecule has 4 heteroatoms. The van der Waals surface area contributed by atoms with Crippen LogP contribution in [-0.2, 0) is 6.54 Å². The number of rotatable bonds is 4. The number of aromatic nitrogens is 1. The second-order valence-electron chi connectivity index (χ2n) is 5.76. The zero-order valence-electron chi connectivity index (χ0n) is 13.4. The normalized spacial score (nSPS) is 10.5. The van der Waals surface area contributed by atoms with Crippen LogP contribution in [0.5, 0.6) is 5.75 Å². The third-order valence-corrected chi connectivity index (χ3v) is 3.47. The lowest BCUT2D eigenvalue weighted by Gasteiger charge is -2.17. The SMILES string of the molecule is COc1ccc(C)cc1-c1ccc(C#N)c(=O)n1CC(C)C. The van der Waals surface area contributed by atoms with Gasteiger partial charge in [0.1, 0.15) is 17.4 Å². The lowest BCUT2D eigenvalue weighted by Crippen LogP contribution is -2.26. The van der Waals surface area contributed by atoms with Crippen LogP contribution in [0.1, 0.15) is 25.0 Å². The first-order chi connectivity index (χ1) is 10.5. The Kier molecular flexibility index (Phi) is 4.67. The standard InChI is InChI=1S/C18H20N2O2/c1-12(2)11-20-16(7-6-14(10-19)18(20)21)15-9-13(3)5-8-17(15)22-4/h5-9,12H,11H2,1-4H3. The van der Waals surface area contributed by atoms with Gasteiger partial charge in [-0.2, -0.15) is 5.26 Å². The van der Waals surface area contributed by atoms with Gasteiger partial charge >= 0.3 is 0 Å². The number of methoxy groups -OCH3 is 1. The van der Waals surface area contributed by atoms with Crippen molar-refractivity contribution in [2.75, 3.05) is 7.11 Å². The highest BCUT2D eigenvalue weighted by Gasteiger charge is 2.15. The molecule has 1 aromatic carbocycles. The van der Waals surface area contributed by atoms with Crippen molar-refractivity contribution in [1.29, 1.82) is 5.26 Å². The van der Waals surface area contributed by atoms with Crippen LogP contribution in [-0.4, -0.2) is 11.7 Å². The van der Waals surface area contributed by atoms with Crippen molar-refractivity contribution in [2.45, 2.75) is 27.3 Å². The van der Waals surface area contributed by atoms with Gasteiger partial charge in [-0.3, -0.25) is 4.79 Å². The van der Waals surface area contributed by atoms with Gasteiger partial charge in [0.25, 0.3) is 5.56 Å². The van der Waals surface area contributed by atoms with Gasteiger partial charge in [0.15, 0.2) is 0 Å². The van der Waals surface area contributed by atoms with E-state index in [2.05, 4.69) is 0 Å². The third-order valence-electron chi connectivity index (χ3n) is 3.47. The van der Waals surface area contributed by atoms with E-state index in [9.17, 15) is 4.79 Å². The molecule has 114 valence electrons. The van der Waals surface area contributed by atoms with Crippen molar-refractivity contribution in [2.24, 2.45) is 5.92 Å². The number of hydrogen-bond acceptors (Lipinski definition) is 3. The maximum atomic E-state index is 12.5. The van der Waals surface area contributed by atoms with E-state index in [4.69, 9.17) is 10.00 Å². The second kappa shape index (κ2) is 6.48. The third kappa shape index (κ3) is 3.04. The molecule has 0 bridgehead atoms. The molecule has 0 aliphatic carbocycles. The van der Waals surface area contributed by atoms with Gasteiger partial charge < -0.3 is 9.30 Å². The topological polar surface area (TPSA) is 55.0 Å². The molecule has 0 saturated carbocycles. The van der Waals surface area contributed by atoms with E-state index < -0.39 is 0 Å². The lowest BCUT2D eigenvalue weighted by molar-refractivity contribution is 0.415. The monoisotopic (exact) mass is 296 g/mol. The summed E-state index contributed by atoms with van der Waals surface area (Å²) in [5.74, 6) is 1.01. The van der Waals surface area contributed by atoms with Crippen LogP contribution < -0.4 is 10.3 Å². The molecule has 2 aromatic rings. The summed E-state index contributed by atoms with van der Waals surface area (Å²) in [6.07, 6.45) is 0. The molecular weight excluding hydrogens is 276 g/mol. The van der Waals surface area contributed by atoms with Gasteiger partial charge in [0.2, 0.25) is 0 Å². The van der Waals surface area contributed by atoms with Crippen LogP contribution in [0.25, 0.3) is 11.3 Å². The first kappa shape index (κ1) is 15.8. The molecule has 0 N–H and O–H groups in total. The van der Waals surface area contributed by atoms with Crippen LogP contribution in [0.15, 0.2) is 35.1 Å². The number of aryl methyl sites for hydroxylation is 1. The Balaban J connectivity index is 2.76. The fraction of sp³-hybridized carbons (Fsp3) is 0.333.